The Balaban J connectivity index is 2.07. The maximum Gasteiger partial charge on any atom is 0.286 e. The Morgan fingerprint density at radius 2 is 2.25 bits per heavy atom. The molecule has 5 nitrogen and oxygen atoms in total. The molecule has 0 bridgehead atoms. The molecule has 84 valence electrons. The van der Waals surface area contributed by atoms with Crippen LogP contribution < -0.4 is 5.32 Å². The number of nitrogens with one attached hydrogen (secondary N) is 1. The molecule has 2 rings (SSSR count). The van der Waals surface area contributed by atoms with Crippen LogP contribution in [-0.4, -0.2) is 21.1 Å². The summed E-state index contributed by atoms with van der Waals surface area (Å²) in [5.41, 5.74) is 0. The first-order chi connectivity index (χ1) is 7.66. The zero-order valence-electron chi connectivity index (χ0n) is 8.80. The standard InChI is InChI=1S/C9H10N4OS2/c1-5(2)7-12-13-9(16-7)11-6(14)8-10-3-4-15-8/h3-5H,1-2H3,(H,11,13,14). The second kappa shape index (κ2) is 4.67. The smallest absolute Gasteiger partial charge is 0.286 e. The van der Waals surface area contributed by atoms with E-state index in [9.17, 15) is 4.79 Å². The fourth-order valence-corrected chi connectivity index (χ4v) is 2.28. The summed E-state index contributed by atoms with van der Waals surface area (Å²) >= 11 is 2.69. The van der Waals surface area contributed by atoms with Crippen molar-refractivity contribution in [2.24, 2.45) is 0 Å². The first-order valence-corrected chi connectivity index (χ1v) is 6.40. The summed E-state index contributed by atoms with van der Waals surface area (Å²) in [5.74, 6) is 0.0875. The van der Waals surface area contributed by atoms with Crippen LogP contribution in [0.5, 0.6) is 0 Å². The monoisotopic (exact) mass is 254 g/mol. The van der Waals surface area contributed by atoms with Crippen LogP contribution >= 0.6 is 22.7 Å². The quantitative estimate of drug-likeness (QED) is 0.913. The minimum Gasteiger partial charge on any atom is -0.294 e. The highest BCUT2D eigenvalue weighted by Gasteiger charge is 2.13. The molecule has 2 aromatic rings. The van der Waals surface area contributed by atoms with Gasteiger partial charge in [-0.05, 0) is 0 Å². The second-order valence-corrected chi connectivity index (χ2v) is 5.30. The second-order valence-electron chi connectivity index (χ2n) is 3.39. The number of aromatic nitrogens is 3. The first kappa shape index (κ1) is 11.2. The largest absolute Gasteiger partial charge is 0.294 e. The molecular formula is C9H10N4OS2. The molecule has 0 fully saturated rings. The lowest BCUT2D eigenvalue weighted by molar-refractivity contribution is 0.102. The van der Waals surface area contributed by atoms with Crippen molar-refractivity contribution in [3.8, 4) is 0 Å². The Labute approximate surface area is 101 Å². The highest BCUT2D eigenvalue weighted by Crippen LogP contribution is 2.22. The van der Waals surface area contributed by atoms with Crippen LogP contribution in [0, 0.1) is 0 Å². The number of thiazole rings is 1. The van der Waals surface area contributed by atoms with Gasteiger partial charge in [0.05, 0.1) is 0 Å². The van der Waals surface area contributed by atoms with Crippen LogP contribution in [0.3, 0.4) is 0 Å². The summed E-state index contributed by atoms with van der Waals surface area (Å²) in [5, 5.41) is 14.2. The number of hydrogen-bond donors (Lipinski definition) is 1. The highest BCUT2D eigenvalue weighted by atomic mass is 32.1. The van der Waals surface area contributed by atoms with Gasteiger partial charge in [0.2, 0.25) is 5.13 Å². The normalized spacial score (nSPS) is 10.7. The van der Waals surface area contributed by atoms with E-state index in [4.69, 9.17) is 0 Å². The molecule has 0 radical (unpaired) electrons. The summed E-state index contributed by atoms with van der Waals surface area (Å²) < 4.78 is 0. The van der Waals surface area contributed by atoms with Crippen LogP contribution in [0.1, 0.15) is 34.6 Å². The summed E-state index contributed by atoms with van der Waals surface area (Å²) in [4.78, 5) is 15.5. The predicted octanol–water partition coefficient (Wildman–Crippen LogP) is 2.37. The van der Waals surface area contributed by atoms with Crippen LogP contribution in [0.2, 0.25) is 0 Å². The van der Waals surface area contributed by atoms with Crippen LogP contribution in [-0.2, 0) is 0 Å². The predicted molar refractivity (Wildman–Crippen MR) is 64.1 cm³/mol. The molecule has 16 heavy (non-hydrogen) atoms. The topological polar surface area (TPSA) is 67.8 Å². The molecule has 0 aliphatic carbocycles. The summed E-state index contributed by atoms with van der Waals surface area (Å²) in [6.07, 6.45) is 1.60. The van der Waals surface area contributed by atoms with Crippen molar-refractivity contribution in [3.63, 3.8) is 0 Å². The molecule has 0 aliphatic heterocycles. The maximum absolute atomic E-state index is 11.6. The van der Waals surface area contributed by atoms with E-state index in [0.717, 1.165) is 5.01 Å². The van der Waals surface area contributed by atoms with Crippen LogP contribution in [0.25, 0.3) is 0 Å². The number of anilines is 1. The number of nitrogens with zero attached hydrogens (tertiary/aromatic N) is 3. The van der Waals surface area contributed by atoms with Gasteiger partial charge in [-0.2, -0.15) is 0 Å². The lowest BCUT2D eigenvalue weighted by Gasteiger charge is -1.96. The van der Waals surface area contributed by atoms with Gasteiger partial charge in [0.15, 0.2) is 5.01 Å². The molecule has 0 spiro atoms. The molecule has 0 saturated carbocycles. The van der Waals surface area contributed by atoms with E-state index in [-0.39, 0.29) is 5.91 Å². The molecule has 1 N–H and O–H groups in total. The number of carbonyl (C=O) groups excluding carboxylic acids is 1. The van der Waals surface area contributed by atoms with Gasteiger partial charge in [0, 0.05) is 17.5 Å². The summed E-state index contributed by atoms with van der Waals surface area (Å²) in [7, 11) is 0. The van der Waals surface area contributed by atoms with Crippen molar-refractivity contribution < 1.29 is 4.79 Å². The fourth-order valence-electron chi connectivity index (χ4n) is 1.00. The van der Waals surface area contributed by atoms with Crippen molar-refractivity contribution in [1.82, 2.24) is 15.2 Å². The third-order valence-corrected chi connectivity index (χ3v) is 3.69. The van der Waals surface area contributed by atoms with E-state index >= 15 is 0 Å². The Hall–Kier alpha value is -1.34. The number of rotatable bonds is 3. The lowest BCUT2D eigenvalue weighted by Crippen LogP contribution is -2.11. The average Bonchev–Trinajstić information content (AvgIpc) is 2.87. The van der Waals surface area contributed by atoms with Crippen LogP contribution in [0.15, 0.2) is 11.6 Å². The van der Waals surface area contributed by atoms with E-state index in [1.165, 1.54) is 22.7 Å². The third-order valence-electron chi connectivity index (χ3n) is 1.78. The van der Waals surface area contributed by atoms with E-state index in [1.807, 2.05) is 13.8 Å². The van der Waals surface area contributed by atoms with Crippen molar-refractivity contribution >= 4 is 33.7 Å². The van der Waals surface area contributed by atoms with Gasteiger partial charge in [0.1, 0.15) is 5.01 Å². The Morgan fingerprint density at radius 1 is 1.44 bits per heavy atom. The summed E-state index contributed by atoms with van der Waals surface area (Å²) in [6.45, 7) is 4.07. The van der Waals surface area contributed by atoms with E-state index in [0.29, 0.717) is 16.1 Å². The van der Waals surface area contributed by atoms with E-state index in [1.54, 1.807) is 11.6 Å². The highest BCUT2D eigenvalue weighted by molar-refractivity contribution is 7.15. The molecule has 0 saturated heterocycles. The van der Waals surface area contributed by atoms with E-state index < -0.39 is 0 Å². The molecule has 2 aromatic heterocycles. The third kappa shape index (κ3) is 2.42. The Kier molecular flexibility index (Phi) is 3.25. The van der Waals surface area contributed by atoms with E-state index in [2.05, 4.69) is 20.5 Å². The van der Waals surface area contributed by atoms with Gasteiger partial charge in [-0.15, -0.1) is 21.5 Å². The SMILES string of the molecule is CC(C)c1nnc(NC(=O)c2nccs2)s1. The minimum absolute atomic E-state index is 0.235. The molecule has 0 unspecified atom stereocenters. The first-order valence-electron chi connectivity index (χ1n) is 4.71. The number of carbonyl (C=O) groups is 1. The molecule has 0 atom stereocenters. The van der Waals surface area contributed by atoms with Crippen molar-refractivity contribution in [1.29, 1.82) is 0 Å². The molecule has 1 amide bonds. The van der Waals surface area contributed by atoms with Gasteiger partial charge in [-0.25, -0.2) is 4.98 Å². The Bertz CT molecular complexity index is 477. The average molecular weight is 254 g/mol. The minimum atomic E-state index is -0.235. The van der Waals surface area contributed by atoms with Crippen LogP contribution in [0.4, 0.5) is 5.13 Å². The summed E-state index contributed by atoms with van der Waals surface area (Å²) in [6, 6.07) is 0. The lowest BCUT2D eigenvalue weighted by atomic mass is 10.2. The molecule has 2 heterocycles. The van der Waals surface area contributed by atoms with Gasteiger partial charge in [-0.3, -0.25) is 10.1 Å². The van der Waals surface area contributed by atoms with Crippen molar-refractivity contribution in [2.75, 3.05) is 5.32 Å². The zero-order valence-corrected chi connectivity index (χ0v) is 10.4. The molecule has 0 aromatic carbocycles. The fraction of sp³-hybridized carbons (Fsp3) is 0.333. The Morgan fingerprint density at radius 3 is 2.81 bits per heavy atom. The van der Waals surface area contributed by atoms with Gasteiger partial charge in [-0.1, -0.05) is 25.2 Å². The van der Waals surface area contributed by atoms with Gasteiger partial charge >= 0.3 is 0 Å². The number of hydrogen-bond acceptors (Lipinski definition) is 6. The maximum atomic E-state index is 11.6. The van der Waals surface area contributed by atoms with Crippen molar-refractivity contribution in [3.05, 3.63) is 21.6 Å². The molecule has 0 aliphatic rings. The molecular weight excluding hydrogens is 244 g/mol. The molecule has 7 heteroatoms. The zero-order chi connectivity index (χ0) is 11.5. The van der Waals surface area contributed by atoms with Gasteiger partial charge < -0.3 is 0 Å². The number of amides is 1. The van der Waals surface area contributed by atoms with Gasteiger partial charge in [0.25, 0.3) is 5.91 Å². The van der Waals surface area contributed by atoms with Crippen molar-refractivity contribution in [2.45, 2.75) is 19.8 Å².